The zero-order chi connectivity index (χ0) is 11.6. The van der Waals surface area contributed by atoms with Crippen molar-refractivity contribution in [1.29, 1.82) is 0 Å². The molecule has 0 aliphatic carbocycles. The number of methoxy groups -OCH3 is 1. The molecule has 1 heterocycles. The molecule has 0 aromatic carbocycles. The summed E-state index contributed by atoms with van der Waals surface area (Å²) in [6.45, 7) is 0. The van der Waals surface area contributed by atoms with Crippen LogP contribution in [0.2, 0.25) is 0 Å². The van der Waals surface area contributed by atoms with E-state index in [2.05, 4.69) is 4.74 Å². The first kappa shape index (κ1) is 12.2. The van der Waals surface area contributed by atoms with Gasteiger partial charge in [0, 0.05) is 5.25 Å². The molecule has 1 aliphatic rings. The molecule has 0 aromatic rings. The van der Waals surface area contributed by atoms with Crippen LogP contribution in [0.15, 0.2) is 10.6 Å². The largest absolute Gasteiger partial charge is 0.466 e. The zero-order valence-corrected chi connectivity index (χ0v) is 8.74. The predicted molar refractivity (Wildman–Crippen MR) is 49.9 cm³/mol. The molecule has 0 radical (unpaired) electrons. The fourth-order valence-electron chi connectivity index (χ4n) is 1.30. The van der Waals surface area contributed by atoms with E-state index >= 15 is 0 Å². The van der Waals surface area contributed by atoms with Crippen LogP contribution in [0, 0.1) is 0 Å². The number of carbonyl (C=O) groups is 1. The maximum Gasteiger partial charge on any atom is 0.390 e. The average Bonchev–Trinajstić information content (AvgIpc) is 2.42. The number of carbonyl (C=O) groups excluding carboxylic acids is 1. The van der Waals surface area contributed by atoms with Crippen molar-refractivity contribution < 1.29 is 22.7 Å². The summed E-state index contributed by atoms with van der Waals surface area (Å²) in [5, 5.41) is -0.574. The van der Waals surface area contributed by atoms with Gasteiger partial charge in [-0.2, -0.15) is 13.2 Å². The van der Waals surface area contributed by atoms with Crippen LogP contribution in [0.25, 0.3) is 0 Å². The maximum atomic E-state index is 12.1. The number of alkyl halides is 3. The second kappa shape index (κ2) is 4.34. The van der Waals surface area contributed by atoms with Gasteiger partial charge in [0.25, 0.3) is 0 Å². The highest BCUT2D eigenvalue weighted by Gasteiger charge is 2.37. The van der Waals surface area contributed by atoms with Crippen LogP contribution in [-0.2, 0) is 9.53 Å². The van der Waals surface area contributed by atoms with Crippen molar-refractivity contribution in [2.75, 3.05) is 7.11 Å². The molecular formula is C8H10F3NO2S. The van der Waals surface area contributed by atoms with E-state index < -0.39 is 23.8 Å². The normalized spacial score (nSPS) is 22.0. The van der Waals surface area contributed by atoms with Crippen LogP contribution < -0.4 is 5.73 Å². The van der Waals surface area contributed by atoms with Gasteiger partial charge in [-0.25, -0.2) is 4.79 Å². The SMILES string of the molecule is COC(=O)C1=C(N)SC(CC(F)(F)F)C1. The van der Waals surface area contributed by atoms with E-state index in [-0.39, 0.29) is 17.0 Å². The molecule has 0 saturated carbocycles. The second-order valence-electron chi connectivity index (χ2n) is 3.10. The Hall–Kier alpha value is -0.850. The van der Waals surface area contributed by atoms with Crippen molar-refractivity contribution in [1.82, 2.24) is 0 Å². The Morgan fingerprint density at radius 2 is 2.27 bits per heavy atom. The van der Waals surface area contributed by atoms with Crippen LogP contribution in [0.3, 0.4) is 0 Å². The number of rotatable bonds is 2. The number of nitrogens with two attached hydrogens (primary N) is 1. The highest BCUT2D eigenvalue weighted by molar-refractivity contribution is 8.03. The van der Waals surface area contributed by atoms with Crippen molar-refractivity contribution in [3.63, 3.8) is 0 Å². The third-order valence-corrected chi connectivity index (χ3v) is 3.08. The fourth-order valence-corrected chi connectivity index (χ4v) is 2.49. The second-order valence-corrected chi connectivity index (χ2v) is 4.44. The minimum Gasteiger partial charge on any atom is -0.466 e. The van der Waals surface area contributed by atoms with E-state index in [0.29, 0.717) is 0 Å². The van der Waals surface area contributed by atoms with Crippen molar-refractivity contribution in [3.8, 4) is 0 Å². The van der Waals surface area contributed by atoms with E-state index in [1.54, 1.807) is 0 Å². The standard InChI is InChI=1S/C8H10F3NO2S/c1-14-7(13)5-2-4(15-6(5)12)3-8(9,10)11/h4H,2-3,12H2,1H3. The third kappa shape index (κ3) is 3.33. The highest BCUT2D eigenvalue weighted by Crippen LogP contribution is 2.40. The smallest absolute Gasteiger partial charge is 0.390 e. The molecule has 0 amide bonds. The average molecular weight is 241 g/mol. The lowest BCUT2D eigenvalue weighted by atomic mass is 10.1. The number of thioether (sulfide) groups is 1. The summed E-state index contributed by atoms with van der Waals surface area (Å²) in [6.07, 6.45) is -5.16. The molecule has 0 fully saturated rings. The Bertz CT molecular complexity index is 301. The fraction of sp³-hybridized carbons (Fsp3) is 0.625. The summed E-state index contributed by atoms with van der Waals surface area (Å²) in [5.41, 5.74) is 5.59. The Morgan fingerprint density at radius 1 is 1.67 bits per heavy atom. The number of ether oxygens (including phenoxy) is 1. The van der Waals surface area contributed by atoms with Crippen LogP contribution in [0.4, 0.5) is 13.2 Å². The number of halogens is 3. The molecule has 1 rings (SSSR count). The first-order valence-corrected chi connectivity index (χ1v) is 5.02. The Kier molecular flexibility index (Phi) is 3.54. The van der Waals surface area contributed by atoms with Gasteiger partial charge in [-0.05, 0) is 6.42 Å². The minimum atomic E-state index is -4.23. The van der Waals surface area contributed by atoms with E-state index in [4.69, 9.17) is 5.73 Å². The lowest BCUT2D eigenvalue weighted by Crippen LogP contribution is -2.16. The van der Waals surface area contributed by atoms with Gasteiger partial charge >= 0.3 is 12.1 Å². The molecule has 0 saturated heterocycles. The quantitative estimate of drug-likeness (QED) is 0.749. The summed E-state index contributed by atoms with van der Waals surface area (Å²) in [7, 11) is 1.17. The predicted octanol–water partition coefficient (Wildman–Crippen LogP) is 1.79. The first-order chi connectivity index (χ1) is 6.83. The van der Waals surface area contributed by atoms with Crippen LogP contribution in [0.5, 0.6) is 0 Å². The van der Waals surface area contributed by atoms with Crippen LogP contribution in [0.1, 0.15) is 12.8 Å². The summed E-state index contributed by atoms with van der Waals surface area (Å²) in [4.78, 5) is 11.1. The van der Waals surface area contributed by atoms with Crippen molar-refractivity contribution in [3.05, 3.63) is 10.6 Å². The van der Waals surface area contributed by atoms with Gasteiger partial charge in [0.1, 0.15) is 0 Å². The summed E-state index contributed by atoms with van der Waals surface area (Å²) < 4.78 is 40.6. The van der Waals surface area contributed by atoms with Crippen LogP contribution >= 0.6 is 11.8 Å². The molecule has 3 nitrogen and oxygen atoms in total. The van der Waals surface area contributed by atoms with E-state index in [1.165, 1.54) is 7.11 Å². The number of hydrogen-bond acceptors (Lipinski definition) is 4. The number of esters is 1. The molecule has 0 spiro atoms. The van der Waals surface area contributed by atoms with Crippen molar-refractivity contribution in [2.24, 2.45) is 5.73 Å². The number of hydrogen-bond donors (Lipinski definition) is 1. The molecule has 1 atom stereocenters. The molecule has 0 bridgehead atoms. The van der Waals surface area contributed by atoms with Crippen LogP contribution in [-0.4, -0.2) is 24.5 Å². The Labute approximate surface area is 88.8 Å². The van der Waals surface area contributed by atoms with E-state index in [0.717, 1.165) is 11.8 Å². The molecule has 15 heavy (non-hydrogen) atoms. The van der Waals surface area contributed by atoms with Gasteiger partial charge in [-0.1, -0.05) is 0 Å². The van der Waals surface area contributed by atoms with Gasteiger partial charge in [-0.3, -0.25) is 0 Å². The van der Waals surface area contributed by atoms with Gasteiger partial charge in [0.15, 0.2) is 0 Å². The summed E-state index contributed by atoms with van der Waals surface area (Å²) in [6, 6.07) is 0. The molecule has 7 heteroatoms. The van der Waals surface area contributed by atoms with E-state index in [9.17, 15) is 18.0 Å². The van der Waals surface area contributed by atoms with Gasteiger partial charge in [0.2, 0.25) is 0 Å². The summed E-state index contributed by atoms with van der Waals surface area (Å²) in [5.74, 6) is -0.648. The lowest BCUT2D eigenvalue weighted by Gasteiger charge is -2.11. The third-order valence-electron chi connectivity index (χ3n) is 1.91. The highest BCUT2D eigenvalue weighted by atomic mass is 32.2. The van der Waals surface area contributed by atoms with E-state index in [1.807, 2.05) is 0 Å². The van der Waals surface area contributed by atoms with Gasteiger partial charge < -0.3 is 10.5 Å². The molecule has 0 aromatic heterocycles. The molecule has 2 N–H and O–H groups in total. The molecule has 86 valence electrons. The maximum absolute atomic E-state index is 12.1. The first-order valence-electron chi connectivity index (χ1n) is 4.14. The Balaban J connectivity index is 2.59. The monoisotopic (exact) mass is 241 g/mol. The summed E-state index contributed by atoms with van der Waals surface area (Å²) >= 11 is 0.881. The van der Waals surface area contributed by atoms with Gasteiger partial charge in [-0.15, -0.1) is 11.8 Å². The van der Waals surface area contributed by atoms with Gasteiger partial charge in [0.05, 0.1) is 24.1 Å². The molecule has 1 aliphatic heterocycles. The van der Waals surface area contributed by atoms with Crippen molar-refractivity contribution >= 4 is 17.7 Å². The molecule has 1 unspecified atom stereocenters. The minimum absolute atomic E-state index is 0.0166. The molecular weight excluding hydrogens is 231 g/mol. The topological polar surface area (TPSA) is 52.3 Å². The van der Waals surface area contributed by atoms with Crippen molar-refractivity contribution in [2.45, 2.75) is 24.3 Å². The lowest BCUT2D eigenvalue weighted by molar-refractivity contribution is -0.138. The zero-order valence-electron chi connectivity index (χ0n) is 7.93. The Morgan fingerprint density at radius 3 is 2.73 bits per heavy atom.